The minimum Gasteiger partial charge on any atom is -0.258 e. The molecule has 4 aromatic rings. The maximum Gasteiger partial charge on any atom is 0.324 e. The van der Waals surface area contributed by atoms with Crippen LogP contribution in [0.4, 0.5) is 10.0 Å². The van der Waals surface area contributed by atoms with Crippen molar-refractivity contribution in [2.24, 2.45) is 0 Å². The molecule has 0 saturated heterocycles. The standard InChI is InChI=1S/C18H10N2O4S4/c21-19(22)15-7-5-13(27-15)18(14-6-8-16(28-14)20(23)24)17(11-3-1-9-25-11)12-4-2-10-26-12/h1-10H. The number of nitro groups is 2. The first-order valence-electron chi connectivity index (χ1n) is 7.86. The maximum atomic E-state index is 11.2. The Hall–Kier alpha value is -2.66. The first kappa shape index (κ1) is 18.7. The minimum absolute atomic E-state index is 0.0373. The van der Waals surface area contributed by atoms with Crippen LogP contribution in [0.1, 0.15) is 19.5 Å². The summed E-state index contributed by atoms with van der Waals surface area (Å²) in [5, 5.41) is 26.4. The van der Waals surface area contributed by atoms with Crippen LogP contribution in [0.3, 0.4) is 0 Å². The Labute approximate surface area is 175 Å². The van der Waals surface area contributed by atoms with Crippen LogP contribution >= 0.6 is 45.3 Å². The van der Waals surface area contributed by atoms with Gasteiger partial charge in [-0.1, -0.05) is 34.8 Å². The van der Waals surface area contributed by atoms with Crippen molar-refractivity contribution in [3.63, 3.8) is 0 Å². The Morgan fingerprint density at radius 1 is 0.643 bits per heavy atom. The van der Waals surface area contributed by atoms with Gasteiger partial charge < -0.3 is 0 Å². The predicted octanol–water partition coefficient (Wildman–Crippen LogP) is 6.76. The van der Waals surface area contributed by atoms with Gasteiger partial charge >= 0.3 is 10.0 Å². The molecule has 6 nitrogen and oxygen atoms in total. The largest absolute Gasteiger partial charge is 0.324 e. The van der Waals surface area contributed by atoms with E-state index in [2.05, 4.69) is 0 Å². The fourth-order valence-corrected chi connectivity index (χ4v) is 6.18. The first-order valence-corrected chi connectivity index (χ1v) is 11.2. The van der Waals surface area contributed by atoms with Gasteiger partial charge in [-0.15, -0.1) is 22.7 Å². The summed E-state index contributed by atoms with van der Waals surface area (Å²) < 4.78 is 0. The van der Waals surface area contributed by atoms with Gasteiger partial charge in [0.25, 0.3) is 0 Å². The third-order valence-electron chi connectivity index (χ3n) is 3.82. The van der Waals surface area contributed by atoms with Crippen molar-refractivity contribution in [2.75, 3.05) is 0 Å². The summed E-state index contributed by atoms with van der Waals surface area (Å²) in [6, 6.07) is 14.2. The van der Waals surface area contributed by atoms with Crippen molar-refractivity contribution in [2.45, 2.75) is 0 Å². The fraction of sp³-hybridized carbons (Fsp3) is 0. The van der Waals surface area contributed by atoms with Gasteiger partial charge in [-0.2, -0.15) is 0 Å². The Kier molecular flexibility index (Phi) is 5.18. The summed E-state index contributed by atoms with van der Waals surface area (Å²) in [5.41, 5.74) is 1.71. The molecule has 28 heavy (non-hydrogen) atoms. The van der Waals surface area contributed by atoms with Crippen molar-refractivity contribution >= 4 is 66.5 Å². The van der Waals surface area contributed by atoms with Gasteiger partial charge in [-0.3, -0.25) is 20.2 Å². The van der Waals surface area contributed by atoms with Crippen LogP contribution in [-0.2, 0) is 0 Å². The highest BCUT2D eigenvalue weighted by molar-refractivity contribution is 7.19. The summed E-state index contributed by atoms with van der Waals surface area (Å²) in [6.07, 6.45) is 0. The first-order chi connectivity index (χ1) is 13.5. The number of rotatable bonds is 6. The Balaban J connectivity index is 2.03. The number of nitrogens with zero attached hydrogens (tertiary/aromatic N) is 2. The van der Waals surface area contributed by atoms with E-state index in [1.165, 1.54) is 12.1 Å². The van der Waals surface area contributed by atoms with Gasteiger partial charge in [-0.25, -0.2) is 0 Å². The zero-order valence-corrected chi connectivity index (χ0v) is 17.2. The molecule has 0 aromatic carbocycles. The van der Waals surface area contributed by atoms with Crippen molar-refractivity contribution in [3.8, 4) is 0 Å². The highest BCUT2D eigenvalue weighted by Gasteiger charge is 2.24. The van der Waals surface area contributed by atoms with Crippen molar-refractivity contribution in [1.82, 2.24) is 0 Å². The van der Waals surface area contributed by atoms with Crippen LogP contribution in [0.5, 0.6) is 0 Å². The van der Waals surface area contributed by atoms with E-state index in [1.54, 1.807) is 34.8 Å². The summed E-state index contributed by atoms with van der Waals surface area (Å²) in [7, 11) is 0. The fourth-order valence-electron chi connectivity index (χ4n) is 2.70. The summed E-state index contributed by atoms with van der Waals surface area (Å²) in [4.78, 5) is 25.0. The maximum absolute atomic E-state index is 11.2. The molecule has 4 rings (SSSR count). The smallest absolute Gasteiger partial charge is 0.258 e. The van der Waals surface area contributed by atoms with Gasteiger partial charge in [0, 0.05) is 42.8 Å². The average molecular weight is 447 g/mol. The highest BCUT2D eigenvalue weighted by atomic mass is 32.1. The second kappa shape index (κ2) is 7.76. The molecule has 0 unspecified atom stereocenters. The van der Waals surface area contributed by atoms with E-state index in [1.807, 2.05) is 35.0 Å². The third kappa shape index (κ3) is 3.54. The van der Waals surface area contributed by atoms with Crippen LogP contribution in [0.15, 0.2) is 59.3 Å². The summed E-state index contributed by atoms with van der Waals surface area (Å²) >= 11 is 5.27. The summed E-state index contributed by atoms with van der Waals surface area (Å²) in [5.74, 6) is 0. The number of thiophene rings is 4. The molecule has 0 N–H and O–H groups in total. The molecule has 0 radical (unpaired) electrons. The molecular formula is C18H10N2O4S4. The lowest BCUT2D eigenvalue weighted by Gasteiger charge is -2.11. The predicted molar refractivity (Wildman–Crippen MR) is 116 cm³/mol. The molecule has 0 spiro atoms. The van der Waals surface area contributed by atoms with Gasteiger partial charge in [0.1, 0.15) is 0 Å². The SMILES string of the molecule is O=[N+]([O-])c1ccc(C(=C(c2cccs2)c2cccs2)c2ccc([N+](=O)[O-])s2)s1. The van der Waals surface area contributed by atoms with E-state index in [0.717, 1.165) is 43.6 Å². The monoisotopic (exact) mass is 446 g/mol. The topological polar surface area (TPSA) is 86.3 Å². The van der Waals surface area contributed by atoms with Gasteiger partial charge in [-0.05, 0) is 35.0 Å². The molecule has 140 valence electrons. The molecule has 0 aliphatic rings. The molecule has 0 fully saturated rings. The Bertz CT molecular complexity index is 1080. The molecule has 0 aliphatic heterocycles. The summed E-state index contributed by atoms with van der Waals surface area (Å²) in [6.45, 7) is 0. The third-order valence-corrected chi connectivity index (χ3v) is 7.71. The molecule has 0 atom stereocenters. The van der Waals surface area contributed by atoms with E-state index in [9.17, 15) is 20.2 Å². The average Bonchev–Trinajstić information content (AvgIpc) is 3.48. The number of hydrogen-bond acceptors (Lipinski definition) is 8. The zero-order chi connectivity index (χ0) is 19.7. The quantitative estimate of drug-likeness (QED) is 0.242. The molecule has 4 aromatic heterocycles. The lowest BCUT2D eigenvalue weighted by atomic mass is 10.0. The van der Waals surface area contributed by atoms with E-state index >= 15 is 0 Å². The van der Waals surface area contributed by atoms with E-state index < -0.39 is 9.85 Å². The molecule has 0 saturated carbocycles. The van der Waals surface area contributed by atoms with Gasteiger partial charge in [0.05, 0.1) is 9.85 Å². The van der Waals surface area contributed by atoms with Crippen LogP contribution < -0.4 is 0 Å². The van der Waals surface area contributed by atoms with E-state index in [4.69, 9.17) is 0 Å². The van der Waals surface area contributed by atoms with Gasteiger partial charge in [0.2, 0.25) is 0 Å². The normalized spacial score (nSPS) is 10.7. The van der Waals surface area contributed by atoms with Crippen LogP contribution in [0.2, 0.25) is 0 Å². The Morgan fingerprint density at radius 3 is 1.39 bits per heavy atom. The van der Waals surface area contributed by atoms with E-state index in [0.29, 0.717) is 9.75 Å². The molecule has 0 bridgehead atoms. The van der Waals surface area contributed by atoms with Crippen LogP contribution in [-0.4, -0.2) is 9.85 Å². The lowest BCUT2D eigenvalue weighted by Crippen LogP contribution is -1.90. The second-order valence-electron chi connectivity index (χ2n) is 5.49. The second-order valence-corrected chi connectivity index (χ2v) is 9.51. The van der Waals surface area contributed by atoms with Crippen LogP contribution in [0.25, 0.3) is 11.1 Å². The zero-order valence-electron chi connectivity index (χ0n) is 13.9. The molecule has 0 amide bonds. The van der Waals surface area contributed by atoms with Crippen molar-refractivity contribution < 1.29 is 9.85 Å². The van der Waals surface area contributed by atoms with Gasteiger partial charge in [0.15, 0.2) is 0 Å². The number of hydrogen-bond donors (Lipinski definition) is 0. The molecule has 10 heteroatoms. The van der Waals surface area contributed by atoms with Crippen molar-refractivity contribution in [1.29, 1.82) is 0 Å². The minimum atomic E-state index is -0.418. The molecule has 0 aliphatic carbocycles. The molecule has 4 heterocycles. The van der Waals surface area contributed by atoms with E-state index in [-0.39, 0.29) is 10.0 Å². The van der Waals surface area contributed by atoms with Crippen LogP contribution in [0, 0.1) is 20.2 Å². The Morgan fingerprint density at radius 2 is 1.07 bits per heavy atom. The molecular weight excluding hydrogens is 436 g/mol. The highest BCUT2D eigenvalue weighted by Crippen LogP contribution is 2.45. The van der Waals surface area contributed by atoms with Crippen molar-refractivity contribution in [3.05, 3.63) is 99.0 Å². The lowest BCUT2D eigenvalue weighted by molar-refractivity contribution is -0.380.